The molecule has 4 heteroatoms. The van der Waals surface area contributed by atoms with Crippen LogP contribution in [0.1, 0.15) is 46.0 Å². The van der Waals surface area contributed by atoms with E-state index in [2.05, 4.69) is 34.4 Å². The van der Waals surface area contributed by atoms with Gasteiger partial charge in [0.15, 0.2) is 5.96 Å². The number of guanidine groups is 1. The number of rotatable bonds is 6. The Balaban J connectivity index is 1.60. The van der Waals surface area contributed by atoms with Gasteiger partial charge in [0.2, 0.25) is 0 Å². The van der Waals surface area contributed by atoms with Crippen molar-refractivity contribution in [2.45, 2.75) is 52.0 Å². The minimum absolute atomic E-state index is 0.682. The molecule has 0 unspecified atom stereocenters. The molecular weight excluding hydrogens is 236 g/mol. The zero-order valence-corrected chi connectivity index (χ0v) is 12.6. The average Bonchev–Trinajstić information content (AvgIpc) is 3.21. The first-order valence-electron chi connectivity index (χ1n) is 8.05. The summed E-state index contributed by atoms with van der Waals surface area (Å²) in [6.45, 7) is 10.2. The standard InChI is InChI=1S/C15H30N4/c1-3-16-15(18-14-5-6-14)17-9-4-10-19-11-7-13(2)8-12-19/h13-14H,3-12H2,1-2H3,(H2,16,17,18). The smallest absolute Gasteiger partial charge is 0.191 e. The molecule has 0 atom stereocenters. The molecule has 19 heavy (non-hydrogen) atoms. The molecule has 0 aromatic carbocycles. The maximum absolute atomic E-state index is 4.66. The molecule has 4 nitrogen and oxygen atoms in total. The highest BCUT2D eigenvalue weighted by Gasteiger charge is 2.22. The lowest BCUT2D eigenvalue weighted by Gasteiger charge is -2.29. The highest BCUT2D eigenvalue weighted by Crippen LogP contribution is 2.18. The van der Waals surface area contributed by atoms with Gasteiger partial charge in [-0.1, -0.05) is 6.92 Å². The van der Waals surface area contributed by atoms with E-state index in [4.69, 9.17) is 0 Å². The molecule has 2 aliphatic rings. The third-order valence-electron chi connectivity index (χ3n) is 4.04. The number of likely N-dealkylation sites (tertiary alicyclic amines) is 1. The van der Waals surface area contributed by atoms with Crippen molar-refractivity contribution in [2.24, 2.45) is 10.9 Å². The Morgan fingerprint density at radius 3 is 2.58 bits per heavy atom. The molecule has 0 amide bonds. The molecule has 1 saturated carbocycles. The Bertz CT molecular complexity index is 278. The van der Waals surface area contributed by atoms with E-state index in [-0.39, 0.29) is 0 Å². The second kappa shape index (κ2) is 7.73. The predicted molar refractivity (Wildman–Crippen MR) is 81.6 cm³/mol. The lowest BCUT2D eigenvalue weighted by molar-refractivity contribution is 0.192. The molecule has 1 saturated heterocycles. The maximum Gasteiger partial charge on any atom is 0.191 e. The molecule has 0 spiro atoms. The van der Waals surface area contributed by atoms with Crippen molar-refractivity contribution in [3.05, 3.63) is 0 Å². The van der Waals surface area contributed by atoms with Gasteiger partial charge < -0.3 is 15.5 Å². The lowest BCUT2D eigenvalue weighted by Crippen LogP contribution is -2.38. The Labute approximate surface area is 118 Å². The van der Waals surface area contributed by atoms with Crippen molar-refractivity contribution < 1.29 is 0 Å². The summed E-state index contributed by atoms with van der Waals surface area (Å²) in [6, 6.07) is 0.682. The Kier molecular flexibility index (Phi) is 5.95. The summed E-state index contributed by atoms with van der Waals surface area (Å²) in [7, 11) is 0. The zero-order chi connectivity index (χ0) is 13.5. The summed E-state index contributed by atoms with van der Waals surface area (Å²) in [6.07, 6.45) is 6.52. The van der Waals surface area contributed by atoms with Crippen LogP contribution in [0.2, 0.25) is 0 Å². The number of hydrogen-bond donors (Lipinski definition) is 2. The van der Waals surface area contributed by atoms with E-state index in [1.165, 1.54) is 51.7 Å². The molecule has 0 aromatic rings. The van der Waals surface area contributed by atoms with Crippen molar-refractivity contribution in [3.8, 4) is 0 Å². The van der Waals surface area contributed by atoms with Crippen LogP contribution in [0.25, 0.3) is 0 Å². The Hall–Kier alpha value is -0.770. The highest BCUT2D eigenvalue weighted by atomic mass is 15.2. The number of piperidine rings is 1. The Morgan fingerprint density at radius 2 is 1.95 bits per heavy atom. The van der Waals surface area contributed by atoms with Crippen molar-refractivity contribution in [2.75, 3.05) is 32.7 Å². The van der Waals surface area contributed by atoms with Crippen LogP contribution in [-0.4, -0.2) is 49.6 Å². The van der Waals surface area contributed by atoms with Crippen molar-refractivity contribution >= 4 is 5.96 Å². The van der Waals surface area contributed by atoms with Gasteiger partial charge in [0.1, 0.15) is 0 Å². The van der Waals surface area contributed by atoms with Gasteiger partial charge in [0, 0.05) is 19.1 Å². The molecule has 0 aromatic heterocycles. The normalized spacial score (nSPS) is 22.5. The molecule has 0 radical (unpaired) electrons. The van der Waals surface area contributed by atoms with Gasteiger partial charge in [-0.15, -0.1) is 0 Å². The first kappa shape index (κ1) is 14.6. The summed E-state index contributed by atoms with van der Waals surface area (Å²) in [5.41, 5.74) is 0. The number of aliphatic imine (C=N–C) groups is 1. The van der Waals surface area contributed by atoms with E-state index in [1.807, 2.05) is 0 Å². The fourth-order valence-electron chi connectivity index (χ4n) is 2.51. The third-order valence-corrected chi connectivity index (χ3v) is 4.04. The Morgan fingerprint density at radius 1 is 1.21 bits per heavy atom. The van der Waals surface area contributed by atoms with Gasteiger partial charge in [0.05, 0.1) is 0 Å². The molecule has 1 aliphatic carbocycles. The van der Waals surface area contributed by atoms with Crippen molar-refractivity contribution in [3.63, 3.8) is 0 Å². The van der Waals surface area contributed by atoms with Gasteiger partial charge in [-0.05, 0) is 64.6 Å². The second-order valence-corrected chi connectivity index (χ2v) is 6.06. The quantitative estimate of drug-likeness (QED) is 0.438. The molecule has 1 heterocycles. The van der Waals surface area contributed by atoms with Crippen LogP contribution >= 0.6 is 0 Å². The van der Waals surface area contributed by atoms with E-state index in [0.29, 0.717) is 6.04 Å². The van der Waals surface area contributed by atoms with Crippen molar-refractivity contribution in [1.29, 1.82) is 0 Å². The summed E-state index contributed by atoms with van der Waals surface area (Å²) >= 11 is 0. The number of nitrogens with one attached hydrogen (secondary N) is 2. The minimum Gasteiger partial charge on any atom is -0.357 e. The van der Waals surface area contributed by atoms with Crippen LogP contribution in [-0.2, 0) is 0 Å². The third kappa shape index (κ3) is 5.81. The van der Waals surface area contributed by atoms with E-state index >= 15 is 0 Å². The molecular formula is C15H30N4. The van der Waals surface area contributed by atoms with E-state index in [9.17, 15) is 0 Å². The summed E-state index contributed by atoms with van der Waals surface area (Å²) in [4.78, 5) is 7.25. The van der Waals surface area contributed by atoms with Gasteiger partial charge in [-0.3, -0.25) is 4.99 Å². The first-order valence-corrected chi connectivity index (χ1v) is 8.05. The summed E-state index contributed by atoms with van der Waals surface area (Å²) in [5, 5.41) is 6.78. The highest BCUT2D eigenvalue weighted by molar-refractivity contribution is 5.80. The maximum atomic E-state index is 4.66. The van der Waals surface area contributed by atoms with Crippen LogP contribution < -0.4 is 10.6 Å². The van der Waals surface area contributed by atoms with Crippen LogP contribution in [0.5, 0.6) is 0 Å². The second-order valence-electron chi connectivity index (χ2n) is 6.06. The number of nitrogens with zero attached hydrogens (tertiary/aromatic N) is 2. The van der Waals surface area contributed by atoms with Crippen LogP contribution in [0.4, 0.5) is 0 Å². The lowest BCUT2D eigenvalue weighted by atomic mass is 9.99. The monoisotopic (exact) mass is 266 g/mol. The van der Waals surface area contributed by atoms with Crippen molar-refractivity contribution in [1.82, 2.24) is 15.5 Å². The van der Waals surface area contributed by atoms with E-state index in [0.717, 1.165) is 25.0 Å². The summed E-state index contributed by atoms with van der Waals surface area (Å²) < 4.78 is 0. The molecule has 110 valence electrons. The minimum atomic E-state index is 0.682. The van der Waals surface area contributed by atoms with Gasteiger partial charge in [-0.2, -0.15) is 0 Å². The fourth-order valence-corrected chi connectivity index (χ4v) is 2.51. The first-order chi connectivity index (χ1) is 9.28. The zero-order valence-electron chi connectivity index (χ0n) is 12.6. The molecule has 2 fully saturated rings. The van der Waals surface area contributed by atoms with E-state index in [1.54, 1.807) is 0 Å². The molecule has 2 rings (SSSR count). The molecule has 2 N–H and O–H groups in total. The topological polar surface area (TPSA) is 39.7 Å². The van der Waals surface area contributed by atoms with Crippen LogP contribution in [0.15, 0.2) is 4.99 Å². The SMILES string of the molecule is CCNC(=NCCCN1CCC(C)CC1)NC1CC1. The largest absolute Gasteiger partial charge is 0.357 e. The fraction of sp³-hybridized carbons (Fsp3) is 0.933. The number of hydrogen-bond acceptors (Lipinski definition) is 2. The van der Waals surface area contributed by atoms with E-state index < -0.39 is 0 Å². The summed E-state index contributed by atoms with van der Waals surface area (Å²) in [5.74, 6) is 1.94. The van der Waals surface area contributed by atoms with Crippen LogP contribution in [0.3, 0.4) is 0 Å². The molecule has 0 bridgehead atoms. The van der Waals surface area contributed by atoms with Gasteiger partial charge in [0.25, 0.3) is 0 Å². The van der Waals surface area contributed by atoms with Gasteiger partial charge >= 0.3 is 0 Å². The van der Waals surface area contributed by atoms with Gasteiger partial charge in [-0.25, -0.2) is 0 Å². The van der Waals surface area contributed by atoms with Crippen LogP contribution in [0, 0.1) is 5.92 Å². The average molecular weight is 266 g/mol. The molecule has 1 aliphatic heterocycles. The predicted octanol–water partition coefficient (Wildman–Crippen LogP) is 1.83.